The average Bonchev–Trinajstić information content (AvgIpc) is 3.21. The van der Waals surface area contributed by atoms with Gasteiger partial charge in [-0.2, -0.15) is 11.3 Å². The maximum absolute atomic E-state index is 12.4. The van der Waals surface area contributed by atoms with Crippen LogP contribution in [0, 0.1) is 0 Å². The molecule has 1 aliphatic rings. The number of carbonyl (C=O) groups is 3. The lowest BCUT2D eigenvalue weighted by atomic mass is 10.3. The number of thiophene rings is 1. The molecule has 8 heteroatoms. The Morgan fingerprint density at radius 3 is 2.65 bits per heavy atom. The van der Waals surface area contributed by atoms with Crippen molar-refractivity contribution in [3.63, 3.8) is 0 Å². The van der Waals surface area contributed by atoms with Gasteiger partial charge in [-0.3, -0.25) is 19.3 Å². The molecule has 26 heavy (non-hydrogen) atoms. The van der Waals surface area contributed by atoms with Crippen LogP contribution in [0.3, 0.4) is 0 Å². The van der Waals surface area contributed by atoms with Crippen LogP contribution in [0.4, 0.5) is 10.5 Å². The van der Waals surface area contributed by atoms with Gasteiger partial charge in [0, 0.05) is 5.69 Å². The molecule has 1 saturated heterocycles. The van der Waals surface area contributed by atoms with Crippen molar-refractivity contribution in [2.75, 3.05) is 18.5 Å². The first kappa shape index (κ1) is 18.2. The number of hydrogen-bond donors (Lipinski definition) is 1. The molecule has 0 atom stereocenters. The van der Waals surface area contributed by atoms with E-state index < -0.39 is 17.1 Å². The summed E-state index contributed by atoms with van der Waals surface area (Å²) in [5.74, 6) is -0.184. The van der Waals surface area contributed by atoms with E-state index in [0.29, 0.717) is 22.9 Å². The second-order valence-electron chi connectivity index (χ2n) is 5.33. The minimum atomic E-state index is -0.451. The van der Waals surface area contributed by atoms with Gasteiger partial charge in [0.2, 0.25) is 5.91 Å². The molecule has 0 aliphatic carbocycles. The van der Waals surface area contributed by atoms with Gasteiger partial charge in [0.25, 0.3) is 11.1 Å². The predicted octanol–water partition coefficient (Wildman–Crippen LogP) is 3.82. The number of benzene rings is 1. The molecule has 0 spiro atoms. The summed E-state index contributed by atoms with van der Waals surface area (Å²) in [6, 6.07) is 8.74. The number of hydrogen-bond acceptors (Lipinski definition) is 6. The third-order valence-corrected chi connectivity index (χ3v) is 5.07. The summed E-state index contributed by atoms with van der Waals surface area (Å²) < 4.78 is 5.34. The van der Waals surface area contributed by atoms with Gasteiger partial charge in [-0.1, -0.05) is 0 Å². The minimum Gasteiger partial charge on any atom is -0.494 e. The number of ether oxygens (including phenoxy) is 1. The van der Waals surface area contributed by atoms with E-state index in [1.165, 1.54) is 11.3 Å². The second kappa shape index (κ2) is 8.20. The zero-order chi connectivity index (χ0) is 18.5. The molecular formula is C18H16N2O4S2. The van der Waals surface area contributed by atoms with E-state index in [-0.39, 0.29) is 6.54 Å². The zero-order valence-corrected chi connectivity index (χ0v) is 15.6. The fourth-order valence-electron chi connectivity index (χ4n) is 2.29. The molecule has 2 heterocycles. The smallest absolute Gasteiger partial charge is 0.294 e. The Bertz CT molecular complexity index is 845. The highest BCUT2D eigenvalue weighted by atomic mass is 32.2. The first-order valence-corrected chi connectivity index (χ1v) is 9.63. The molecule has 1 aromatic heterocycles. The van der Waals surface area contributed by atoms with E-state index >= 15 is 0 Å². The van der Waals surface area contributed by atoms with Gasteiger partial charge in [0.15, 0.2) is 0 Å². The Labute approximate surface area is 158 Å². The molecule has 1 aliphatic heterocycles. The number of imide groups is 1. The summed E-state index contributed by atoms with van der Waals surface area (Å²) in [5.41, 5.74) is 1.43. The Balaban J connectivity index is 1.62. The highest BCUT2D eigenvalue weighted by molar-refractivity contribution is 8.18. The van der Waals surface area contributed by atoms with Crippen molar-refractivity contribution in [1.29, 1.82) is 0 Å². The van der Waals surface area contributed by atoms with Crippen molar-refractivity contribution in [2.45, 2.75) is 6.92 Å². The van der Waals surface area contributed by atoms with Crippen molar-refractivity contribution in [1.82, 2.24) is 4.90 Å². The molecule has 0 radical (unpaired) electrons. The van der Waals surface area contributed by atoms with Gasteiger partial charge < -0.3 is 10.1 Å². The monoisotopic (exact) mass is 388 g/mol. The van der Waals surface area contributed by atoms with Crippen LogP contribution < -0.4 is 10.1 Å². The fourth-order valence-corrected chi connectivity index (χ4v) is 3.75. The lowest BCUT2D eigenvalue weighted by Gasteiger charge is -2.12. The quantitative estimate of drug-likeness (QED) is 0.762. The normalized spacial score (nSPS) is 15.6. The molecular weight excluding hydrogens is 372 g/mol. The number of rotatable bonds is 6. The standard InChI is InChI=1S/C18H16N2O4S2/c1-2-24-14-5-3-13(4-6-14)19-16(21)10-20-17(22)15(26-18(20)23)9-12-7-8-25-11-12/h3-9,11H,2,10H2,1H3,(H,19,21)/b15-9+. The topological polar surface area (TPSA) is 75.7 Å². The summed E-state index contributed by atoms with van der Waals surface area (Å²) in [7, 11) is 0. The molecule has 6 nitrogen and oxygen atoms in total. The number of nitrogens with zero attached hydrogens (tertiary/aromatic N) is 1. The fraction of sp³-hybridized carbons (Fsp3) is 0.167. The highest BCUT2D eigenvalue weighted by Gasteiger charge is 2.36. The van der Waals surface area contributed by atoms with Crippen molar-refractivity contribution in [3.8, 4) is 5.75 Å². The van der Waals surface area contributed by atoms with Crippen LogP contribution >= 0.6 is 23.1 Å². The van der Waals surface area contributed by atoms with E-state index in [2.05, 4.69) is 5.32 Å². The van der Waals surface area contributed by atoms with Gasteiger partial charge in [-0.05, 0) is 71.4 Å². The molecule has 3 amide bonds. The van der Waals surface area contributed by atoms with Crippen LogP contribution in [0.1, 0.15) is 12.5 Å². The molecule has 0 unspecified atom stereocenters. The van der Waals surface area contributed by atoms with Gasteiger partial charge in [-0.15, -0.1) is 0 Å². The van der Waals surface area contributed by atoms with E-state index in [4.69, 9.17) is 4.74 Å². The predicted molar refractivity (Wildman–Crippen MR) is 103 cm³/mol. The molecule has 0 bridgehead atoms. The second-order valence-corrected chi connectivity index (χ2v) is 7.10. The van der Waals surface area contributed by atoms with Crippen LogP contribution in [0.2, 0.25) is 0 Å². The van der Waals surface area contributed by atoms with Gasteiger partial charge in [0.1, 0.15) is 12.3 Å². The highest BCUT2D eigenvalue weighted by Crippen LogP contribution is 2.32. The summed E-state index contributed by atoms with van der Waals surface area (Å²) >= 11 is 2.35. The first-order valence-electron chi connectivity index (χ1n) is 7.87. The summed E-state index contributed by atoms with van der Waals surface area (Å²) in [5, 5.41) is 6.00. The van der Waals surface area contributed by atoms with Gasteiger partial charge in [-0.25, -0.2) is 0 Å². The van der Waals surface area contributed by atoms with Crippen molar-refractivity contribution >= 4 is 51.9 Å². The molecule has 1 N–H and O–H groups in total. The maximum atomic E-state index is 12.4. The Hall–Kier alpha value is -2.58. The van der Waals surface area contributed by atoms with Crippen LogP contribution in [0.15, 0.2) is 46.0 Å². The number of amides is 3. The van der Waals surface area contributed by atoms with E-state index in [0.717, 1.165) is 22.2 Å². The molecule has 3 rings (SSSR count). The largest absolute Gasteiger partial charge is 0.494 e. The lowest BCUT2D eigenvalue weighted by molar-refractivity contribution is -0.127. The van der Waals surface area contributed by atoms with Crippen molar-refractivity contribution in [2.24, 2.45) is 0 Å². The van der Waals surface area contributed by atoms with Crippen molar-refractivity contribution in [3.05, 3.63) is 51.6 Å². The number of nitrogens with one attached hydrogen (secondary N) is 1. The van der Waals surface area contributed by atoms with Crippen LogP contribution in [0.25, 0.3) is 6.08 Å². The van der Waals surface area contributed by atoms with E-state index in [1.54, 1.807) is 30.3 Å². The number of anilines is 1. The zero-order valence-electron chi connectivity index (χ0n) is 13.9. The number of carbonyl (C=O) groups excluding carboxylic acids is 3. The third-order valence-electron chi connectivity index (χ3n) is 3.47. The number of thioether (sulfide) groups is 1. The Kier molecular flexibility index (Phi) is 5.75. The Morgan fingerprint density at radius 2 is 2.00 bits per heavy atom. The molecule has 1 fully saturated rings. The first-order chi connectivity index (χ1) is 12.6. The average molecular weight is 388 g/mol. The van der Waals surface area contributed by atoms with Crippen LogP contribution in [-0.4, -0.2) is 35.1 Å². The molecule has 134 valence electrons. The van der Waals surface area contributed by atoms with Crippen LogP contribution in [0.5, 0.6) is 5.75 Å². The lowest BCUT2D eigenvalue weighted by Crippen LogP contribution is -2.36. The Morgan fingerprint density at radius 1 is 1.23 bits per heavy atom. The van der Waals surface area contributed by atoms with Gasteiger partial charge in [0.05, 0.1) is 11.5 Å². The summed E-state index contributed by atoms with van der Waals surface area (Å²) in [6.45, 7) is 2.13. The van der Waals surface area contributed by atoms with E-state index in [1.807, 2.05) is 23.8 Å². The van der Waals surface area contributed by atoms with Crippen LogP contribution in [-0.2, 0) is 9.59 Å². The third kappa shape index (κ3) is 4.33. The van der Waals surface area contributed by atoms with E-state index in [9.17, 15) is 14.4 Å². The van der Waals surface area contributed by atoms with Gasteiger partial charge >= 0.3 is 0 Å². The molecule has 0 saturated carbocycles. The maximum Gasteiger partial charge on any atom is 0.294 e. The molecule has 2 aromatic rings. The van der Waals surface area contributed by atoms with Crippen molar-refractivity contribution < 1.29 is 19.1 Å². The molecule has 1 aromatic carbocycles. The SMILES string of the molecule is CCOc1ccc(NC(=O)CN2C(=O)S/C(=C/c3ccsc3)C2=O)cc1. The minimum absolute atomic E-state index is 0.321. The summed E-state index contributed by atoms with van der Waals surface area (Å²) in [4.78, 5) is 37.9. The summed E-state index contributed by atoms with van der Waals surface area (Å²) in [6.07, 6.45) is 1.66.